The Balaban J connectivity index is 1.35. The maximum atomic E-state index is 5.20. The van der Waals surface area contributed by atoms with Gasteiger partial charge in [-0.25, -0.2) is 15.0 Å². The second-order valence-corrected chi connectivity index (χ2v) is 11.5. The van der Waals surface area contributed by atoms with E-state index in [9.17, 15) is 0 Å². The fraction of sp³-hybridized carbons (Fsp3) is 0.0750. The Bertz CT molecular complexity index is 2080. The van der Waals surface area contributed by atoms with E-state index in [1.165, 1.54) is 44.5 Å². The van der Waals surface area contributed by atoms with Gasteiger partial charge in [0.15, 0.2) is 11.6 Å². The summed E-state index contributed by atoms with van der Waals surface area (Å²) in [7, 11) is 0. The minimum Gasteiger partial charge on any atom is -0.212 e. The van der Waals surface area contributed by atoms with Crippen LogP contribution in [0.15, 0.2) is 146 Å². The molecule has 0 aliphatic heterocycles. The second-order valence-electron chi connectivity index (χ2n) is 11.5. The van der Waals surface area contributed by atoms with Crippen molar-refractivity contribution in [2.75, 3.05) is 0 Å². The molecule has 0 radical (unpaired) electrons. The van der Waals surface area contributed by atoms with Crippen LogP contribution in [0.3, 0.4) is 0 Å². The molecule has 5 aromatic carbocycles. The van der Waals surface area contributed by atoms with Gasteiger partial charge in [-0.1, -0.05) is 146 Å². The first kappa shape index (κ1) is 24.2. The molecule has 3 aliphatic rings. The van der Waals surface area contributed by atoms with Gasteiger partial charge in [0.1, 0.15) is 5.82 Å². The summed E-state index contributed by atoms with van der Waals surface area (Å²) in [4.78, 5) is 15.4. The second kappa shape index (κ2) is 9.30. The first-order valence-electron chi connectivity index (χ1n) is 14.9. The lowest BCUT2D eigenvalue weighted by Gasteiger charge is -2.30. The molecule has 0 bridgehead atoms. The van der Waals surface area contributed by atoms with Gasteiger partial charge in [0, 0.05) is 17.0 Å². The van der Waals surface area contributed by atoms with Crippen molar-refractivity contribution >= 4 is 0 Å². The Kier molecular flexibility index (Phi) is 5.24. The number of benzene rings is 5. The van der Waals surface area contributed by atoms with Gasteiger partial charge < -0.3 is 0 Å². The van der Waals surface area contributed by atoms with Crippen molar-refractivity contribution in [3.8, 4) is 45.0 Å². The van der Waals surface area contributed by atoms with Crippen LogP contribution in [0.4, 0.5) is 0 Å². The molecule has 3 heteroatoms. The van der Waals surface area contributed by atoms with Crippen LogP contribution in [0.5, 0.6) is 0 Å². The molecular formula is C40H27N3. The average Bonchev–Trinajstić information content (AvgIpc) is 3.56. The Morgan fingerprint density at radius 3 is 1.77 bits per heavy atom. The zero-order chi connectivity index (χ0) is 28.4. The number of rotatable bonds is 3. The van der Waals surface area contributed by atoms with E-state index in [-0.39, 0.29) is 5.92 Å². The molecule has 43 heavy (non-hydrogen) atoms. The molecule has 202 valence electrons. The van der Waals surface area contributed by atoms with E-state index in [0.29, 0.717) is 5.82 Å². The van der Waals surface area contributed by atoms with E-state index in [4.69, 9.17) is 15.0 Å². The number of fused-ring (bicyclic) bond motifs is 10. The van der Waals surface area contributed by atoms with Crippen LogP contribution in [0.1, 0.15) is 40.4 Å². The van der Waals surface area contributed by atoms with Crippen molar-refractivity contribution in [2.24, 2.45) is 0 Å². The molecule has 1 aromatic heterocycles. The molecule has 6 aromatic rings. The monoisotopic (exact) mass is 549 g/mol. The summed E-state index contributed by atoms with van der Waals surface area (Å²) in [5.74, 6) is 2.34. The third-order valence-electron chi connectivity index (χ3n) is 9.26. The Hall–Kier alpha value is -5.41. The van der Waals surface area contributed by atoms with Crippen LogP contribution >= 0.6 is 0 Å². The minimum atomic E-state index is -0.399. The van der Waals surface area contributed by atoms with E-state index in [1.807, 2.05) is 18.2 Å². The summed E-state index contributed by atoms with van der Waals surface area (Å²) in [6, 6.07) is 43.6. The summed E-state index contributed by atoms with van der Waals surface area (Å²) in [6.45, 7) is 0. The molecule has 3 aliphatic carbocycles. The third-order valence-corrected chi connectivity index (χ3v) is 9.26. The molecule has 0 amide bonds. The van der Waals surface area contributed by atoms with Gasteiger partial charge in [-0.3, -0.25) is 0 Å². The quantitative estimate of drug-likeness (QED) is 0.221. The fourth-order valence-corrected chi connectivity index (χ4v) is 7.50. The first-order chi connectivity index (χ1) is 21.3. The van der Waals surface area contributed by atoms with Gasteiger partial charge in [0.25, 0.3) is 0 Å². The van der Waals surface area contributed by atoms with Crippen molar-refractivity contribution in [3.05, 3.63) is 174 Å². The van der Waals surface area contributed by atoms with E-state index >= 15 is 0 Å². The van der Waals surface area contributed by atoms with Gasteiger partial charge in [-0.05, 0) is 50.9 Å². The van der Waals surface area contributed by atoms with E-state index in [0.717, 1.165) is 29.2 Å². The smallest absolute Gasteiger partial charge is 0.164 e. The molecule has 1 heterocycles. The number of hydrogen-bond acceptors (Lipinski definition) is 3. The summed E-state index contributed by atoms with van der Waals surface area (Å²) in [6.07, 6.45) is 9.44. The zero-order valence-electron chi connectivity index (χ0n) is 23.5. The predicted octanol–water partition coefficient (Wildman–Crippen LogP) is 9.15. The Morgan fingerprint density at radius 1 is 0.488 bits per heavy atom. The SMILES string of the molecule is C1=CCC(c2nc(-c3ccccc3)nc(-c3cccc4c3-c3ccccc3C43c4ccccc4-c4ccccc43)n2)C=C1. The fourth-order valence-electron chi connectivity index (χ4n) is 7.50. The summed E-state index contributed by atoms with van der Waals surface area (Å²) in [5, 5.41) is 0. The molecule has 0 saturated heterocycles. The van der Waals surface area contributed by atoms with Crippen molar-refractivity contribution in [1.82, 2.24) is 15.0 Å². The van der Waals surface area contributed by atoms with Gasteiger partial charge in [-0.2, -0.15) is 0 Å². The number of allylic oxidation sites excluding steroid dienone is 4. The molecule has 9 rings (SSSR count). The van der Waals surface area contributed by atoms with Crippen LogP contribution in [-0.4, -0.2) is 15.0 Å². The van der Waals surface area contributed by atoms with Crippen LogP contribution in [0, 0.1) is 0 Å². The Labute approximate surface area is 251 Å². The van der Waals surface area contributed by atoms with Crippen molar-refractivity contribution in [3.63, 3.8) is 0 Å². The summed E-state index contributed by atoms with van der Waals surface area (Å²) < 4.78 is 0. The lowest BCUT2D eigenvalue weighted by molar-refractivity contribution is 0.764. The zero-order valence-corrected chi connectivity index (χ0v) is 23.5. The van der Waals surface area contributed by atoms with Crippen molar-refractivity contribution < 1.29 is 0 Å². The summed E-state index contributed by atoms with van der Waals surface area (Å²) >= 11 is 0. The first-order valence-corrected chi connectivity index (χ1v) is 14.9. The topological polar surface area (TPSA) is 38.7 Å². The van der Waals surface area contributed by atoms with Crippen LogP contribution in [-0.2, 0) is 5.41 Å². The van der Waals surface area contributed by atoms with Crippen LogP contribution in [0.25, 0.3) is 45.0 Å². The molecular weight excluding hydrogens is 522 g/mol. The largest absolute Gasteiger partial charge is 0.212 e. The highest BCUT2D eigenvalue weighted by Crippen LogP contribution is 2.63. The van der Waals surface area contributed by atoms with E-state index in [2.05, 4.69) is 127 Å². The standard InChI is InChI=1S/C40H27N3/c1-3-14-26(15-4-1)37-41-38(27-16-5-2-6-17-27)43-39(42-37)31-21-13-25-35-36(31)30-20-9-12-24-34(30)40(35)32-22-10-7-18-28(32)29-19-8-11-23-33(29)40/h1-16,18-25,27H,17H2. The van der Waals surface area contributed by atoms with E-state index < -0.39 is 5.41 Å². The summed E-state index contributed by atoms with van der Waals surface area (Å²) in [5.41, 5.74) is 12.0. The molecule has 0 saturated carbocycles. The van der Waals surface area contributed by atoms with Gasteiger partial charge in [0.05, 0.1) is 5.41 Å². The maximum Gasteiger partial charge on any atom is 0.164 e. The highest BCUT2D eigenvalue weighted by atomic mass is 15.0. The lowest BCUT2D eigenvalue weighted by Crippen LogP contribution is -2.25. The molecule has 1 unspecified atom stereocenters. The number of aromatic nitrogens is 3. The van der Waals surface area contributed by atoms with Crippen LogP contribution in [0.2, 0.25) is 0 Å². The molecule has 1 atom stereocenters. The number of hydrogen-bond donors (Lipinski definition) is 0. The highest BCUT2D eigenvalue weighted by Gasteiger charge is 2.52. The highest BCUT2D eigenvalue weighted by molar-refractivity contribution is 5.99. The van der Waals surface area contributed by atoms with Crippen molar-refractivity contribution in [1.29, 1.82) is 0 Å². The van der Waals surface area contributed by atoms with Crippen molar-refractivity contribution in [2.45, 2.75) is 17.8 Å². The normalized spacial score (nSPS) is 16.5. The lowest BCUT2D eigenvalue weighted by atomic mass is 9.70. The molecule has 1 spiro atoms. The number of nitrogens with zero attached hydrogens (tertiary/aromatic N) is 3. The van der Waals surface area contributed by atoms with Gasteiger partial charge >= 0.3 is 0 Å². The van der Waals surface area contributed by atoms with E-state index in [1.54, 1.807) is 0 Å². The maximum absolute atomic E-state index is 5.20. The molecule has 0 fully saturated rings. The third kappa shape index (κ3) is 3.39. The Morgan fingerprint density at radius 2 is 1.07 bits per heavy atom. The van der Waals surface area contributed by atoms with Gasteiger partial charge in [-0.15, -0.1) is 0 Å². The minimum absolute atomic E-state index is 0.109. The predicted molar refractivity (Wildman–Crippen MR) is 173 cm³/mol. The molecule has 0 N–H and O–H groups in total. The molecule has 3 nitrogen and oxygen atoms in total. The average molecular weight is 550 g/mol. The van der Waals surface area contributed by atoms with Crippen LogP contribution < -0.4 is 0 Å². The van der Waals surface area contributed by atoms with Gasteiger partial charge in [0.2, 0.25) is 0 Å².